The van der Waals surface area contributed by atoms with Crippen LogP contribution in [0.15, 0.2) is 101 Å². The average molecular weight is 510 g/mol. The summed E-state index contributed by atoms with van der Waals surface area (Å²) >= 11 is 1.25. The van der Waals surface area contributed by atoms with Crippen LogP contribution < -0.4 is 10.2 Å². The highest BCUT2D eigenvalue weighted by atomic mass is 32.2. The third-order valence-electron chi connectivity index (χ3n) is 5.66. The molecule has 9 heteroatoms. The first-order chi connectivity index (χ1) is 18.1. The fraction of sp³-hybridized carbons (Fsp3) is 0.0714. The summed E-state index contributed by atoms with van der Waals surface area (Å²) in [4.78, 5) is 12.6. The van der Waals surface area contributed by atoms with Gasteiger partial charge in [-0.15, -0.1) is 10.2 Å². The number of methoxy groups -OCH3 is 1. The van der Waals surface area contributed by atoms with Gasteiger partial charge in [-0.25, -0.2) is 5.43 Å². The van der Waals surface area contributed by atoms with Crippen LogP contribution in [0.3, 0.4) is 0 Å². The highest BCUT2D eigenvalue weighted by Crippen LogP contribution is 2.29. The summed E-state index contributed by atoms with van der Waals surface area (Å²) in [7, 11) is 1.62. The third-order valence-corrected chi connectivity index (χ3v) is 6.59. The molecule has 0 aliphatic carbocycles. The standard InChI is InChI=1S/C28H23N5O3S/c1-36-22-14-11-20(12-15-22)27-31-32-28(33(27)21-8-3-2-4-9-21)37-18-26(35)30-29-17-24-23-10-6-5-7-19(23)13-16-25(24)34/h2-17,34H,18H2,1H3,(H,30,35)/b29-17+. The maximum atomic E-state index is 12.6. The topological polar surface area (TPSA) is 102 Å². The van der Waals surface area contributed by atoms with Gasteiger partial charge in [0, 0.05) is 16.8 Å². The number of thioether (sulfide) groups is 1. The van der Waals surface area contributed by atoms with Gasteiger partial charge in [-0.05, 0) is 53.2 Å². The molecule has 0 unspecified atom stereocenters. The van der Waals surface area contributed by atoms with E-state index in [2.05, 4.69) is 20.7 Å². The second-order valence-electron chi connectivity index (χ2n) is 8.01. The average Bonchev–Trinajstić information content (AvgIpc) is 3.37. The molecule has 5 aromatic rings. The number of rotatable bonds is 8. The van der Waals surface area contributed by atoms with E-state index in [1.165, 1.54) is 18.0 Å². The van der Waals surface area contributed by atoms with Crippen LogP contribution in [0.2, 0.25) is 0 Å². The highest BCUT2D eigenvalue weighted by Gasteiger charge is 2.17. The molecule has 0 saturated carbocycles. The number of fused-ring (bicyclic) bond motifs is 1. The van der Waals surface area contributed by atoms with Crippen LogP contribution >= 0.6 is 11.8 Å². The number of carbonyl (C=O) groups excluding carboxylic acids is 1. The number of hydrazone groups is 1. The SMILES string of the molecule is COc1ccc(-c2nnc(SCC(=O)N/N=C/c3c(O)ccc4ccccc34)n2-c2ccccc2)cc1. The molecule has 0 bridgehead atoms. The number of phenolic OH excluding ortho intramolecular Hbond substituents is 1. The Labute approximate surface area is 217 Å². The van der Waals surface area contributed by atoms with Gasteiger partial charge in [0.2, 0.25) is 0 Å². The molecule has 1 heterocycles. The molecule has 5 rings (SSSR count). The predicted molar refractivity (Wildman–Crippen MR) is 145 cm³/mol. The number of hydrogen-bond donors (Lipinski definition) is 2. The van der Waals surface area contributed by atoms with E-state index in [4.69, 9.17) is 4.74 Å². The van der Waals surface area contributed by atoms with Crippen molar-refractivity contribution in [3.05, 3.63) is 96.6 Å². The Hall–Kier alpha value is -4.63. The van der Waals surface area contributed by atoms with Gasteiger partial charge in [0.15, 0.2) is 11.0 Å². The van der Waals surface area contributed by atoms with Crippen LogP contribution in [0.4, 0.5) is 0 Å². The molecule has 0 fully saturated rings. The number of ether oxygens (including phenoxy) is 1. The maximum Gasteiger partial charge on any atom is 0.250 e. The lowest BCUT2D eigenvalue weighted by Gasteiger charge is -2.10. The lowest BCUT2D eigenvalue weighted by molar-refractivity contribution is -0.118. The number of nitrogens with one attached hydrogen (secondary N) is 1. The number of carbonyl (C=O) groups is 1. The molecule has 4 aromatic carbocycles. The van der Waals surface area contributed by atoms with Crippen molar-refractivity contribution in [1.82, 2.24) is 20.2 Å². The maximum absolute atomic E-state index is 12.6. The van der Waals surface area contributed by atoms with E-state index < -0.39 is 0 Å². The van der Waals surface area contributed by atoms with E-state index in [-0.39, 0.29) is 17.4 Å². The smallest absolute Gasteiger partial charge is 0.250 e. The second-order valence-corrected chi connectivity index (χ2v) is 8.95. The quantitative estimate of drug-likeness (QED) is 0.173. The largest absolute Gasteiger partial charge is 0.507 e. The molecule has 0 radical (unpaired) electrons. The Morgan fingerprint density at radius 1 is 1.00 bits per heavy atom. The summed E-state index contributed by atoms with van der Waals surface area (Å²) in [6, 6.07) is 28.4. The van der Waals surface area contributed by atoms with Crippen LogP contribution in [0.25, 0.3) is 27.8 Å². The lowest BCUT2D eigenvalue weighted by atomic mass is 10.0. The van der Waals surface area contributed by atoms with Crippen molar-refractivity contribution in [3.8, 4) is 28.6 Å². The van der Waals surface area contributed by atoms with E-state index in [1.807, 2.05) is 89.5 Å². The van der Waals surface area contributed by atoms with Crippen LogP contribution in [0, 0.1) is 0 Å². The van der Waals surface area contributed by atoms with Crippen molar-refractivity contribution in [3.63, 3.8) is 0 Å². The van der Waals surface area contributed by atoms with Gasteiger partial charge in [0.25, 0.3) is 5.91 Å². The van der Waals surface area contributed by atoms with Crippen LogP contribution in [-0.4, -0.2) is 44.9 Å². The molecular weight excluding hydrogens is 486 g/mol. The number of para-hydroxylation sites is 1. The van der Waals surface area contributed by atoms with Crippen molar-refractivity contribution in [2.45, 2.75) is 5.16 Å². The van der Waals surface area contributed by atoms with Crippen molar-refractivity contribution in [1.29, 1.82) is 0 Å². The van der Waals surface area contributed by atoms with Gasteiger partial charge in [0.1, 0.15) is 11.5 Å². The molecule has 0 atom stereocenters. The van der Waals surface area contributed by atoms with Crippen LogP contribution in [0.5, 0.6) is 11.5 Å². The minimum absolute atomic E-state index is 0.0758. The van der Waals surface area contributed by atoms with E-state index in [0.29, 0.717) is 16.5 Å². The van der Waals surface area contributed by atoms with E-state index in [1.54, 1.807) is 13.2 Å². The molecule has 1 aromatic heterocycles. The number of amides is 1. The lowest BCUT2D eigenvalue weighted by Crippen LogP contribution is -2.20. The molecule has 0 aliphatic rings. The number of hydrogen-bond acceptors (Lipinski definition) is 7. The Kier molecular flexibility index (Phi) is 7.14. The zero-order valence-corrected chi connectivity index (χ0v) is 20.7. The summed E-state index contributed by atoms with van der Waals surface area (Å²) < 4.78 is 7.18. The van der Waals surface area contributed by atoms with Gasteiger partial charge in [-0.3, -0.25) is 9.36 Å². The van der Waals surface area contributed by atoms with E-state index >= 15 is 0 Å². The van der Waals surface area contributed by atoms with Gasteiger partial charge >= 0.3 is 0 Å². The number of phenols is 1. The molecular formula is C28H23N5O3S. The summed E-state index contributed by atoms with van der Waals surface area (Å²) in [5, 5.41) is 25.5. The zero-order chi connectivity index (χ0) is 25.6. The summed E-state index contributed by atoms with van der Waals surface area (Å²) in [6.07, 6.45) is 1.45. The Balaban J connectivity index is 1.33. The number of benzene rings is 4. The molecule has 184 valence electrons. The number of nitrogens with zero attached hydrogens (tertiary/aromatic N) is 4. The normalized spacial score (nSPS) is 11.2. The fourth-order valence-corrected chi connectivity index (χ4v) is 4.60. The first kappa shape index (κ1) is 24.1. The van der Waals surface area contributed by atoms with Gasteiger partial charge in [0.05, 0.1) is 19.1 Å². The monoisotopic (exact) mass is 509 g/mol. The van der Waals surface area contributed by atoms with Crippen molar-refractivity contribution in [2.75, 3.05) is 12.9 Å². The molecule has 0 aliphatic heterocycles. The first-order valence-corrected chi connectivity index (χ1v) is 12.4. The first-order valence-electron chi connectivity index (χ1n) is 11.4. The molecule has 37 heavy (non-hydrogen) atoms. The van der Waals surface area contributed by atoms with Crippen LogP contribution in [-0.2, 0) is 4.79 Å². The molecule has 8 nitrogen and oxygen atoms in total. The Bertz CT molecular complexity index is 1570. The van der Waals surface area contributed by atoms with Crippen molar-refractivity contribution >= 4 is 34.7 Å². The van der Waals surface area contributed by atoms with Crippen molar-refractivity contribution < 1.29 is 14.6 Å². The predicted octanol–water partition coefficient (Wildman–Crippen LogP) is 5.04. The Morgan fingerprint density at radius 2 is 1.76 bits per heavy atom. The zero-order valence-electron chi connectivity index (χ0n) is 19.9. The molecule has 1 amide bonds. The van der Waals surface area contributed by atoms with Gasteiger partial charge in [-0.1, -0.05) is 60.3 Å². The fourth-order valence-electron chi connectivity index (χ4n) is 3.85. The second kappa shape index (κ2) is 11.0. The molecule has 2 N–H and O–H groups in total. The minimum Gasteiger partial charge on any atom is -0.507 e. The van der Waals surface area contributed by atoms with Gasteiger partial charge < -0.3 is 9.84 Å². The number of aromatic hydroxyl groups is 1. The van der Waals surface area contributed by atoms with Crippen molar-refractivity contribution in [2.24, 2.45) is 5.10 Å². The Morgan fingerprint density at radius 3 is 2.54 bits per heavy atom. The van der Waals surface area contributed by atoms with E-state index in [0.717, 1.165) is 27.8 Å². The molecule has 0 saturated heterocycles. The number of aromatic nitrogens is 3. The van der Waals surface area contributed by atoms with Gasteiger partial charge in [-0.2, -0.15) is 5.10 Å². The highest BCUT2D eigenvalue weighted by molar-refractivity contribution is 7.99. The minimum atomic E-state index is -0.311. The molecule has 0 spiro atoms. The van der Waals surface area contributed by atoms with E-state index in [9.17, 15) is 9.90 Å². The summed E-state index contributed by atoms with van der Waals surface area (Å²) in [6.45, 7) is 0. The summed E-state index contributed by atoms with van der Waals surface area (Å²) in [5.74, 6) is 1.26. The third kappa shape index (κ3) is 5.31. The van der Waals surface area contributed by atoms with Crippen LogP contribution in [0.1, 0.15) is 5.56 Å². The summed E-state index contributed by atoms with van der Waals surface area (Å²) in [5.41, 5.74) is 4.82.